The van der Waals surface area contributed by atoms with Crippen LogP contribution in [0.3, 0.4) is 0 Å². The fourth-order valence-corrected chi connectivity index (χ4v) is 1.93. The average Bonchev–Trinajstić information content (AvgIpc) is 2.72. The van der Waals surface area contributed by atoms with E-state index in [1.807, 2.05) is 0 Å². The third-order valence-electron chi connectivity index (χ3n) is 2.58. The zero-order valence-electron chi connectivity index (χ0n) is 9.62. The highest BCUT2D eigenvalue weighted by molar-refractivity contribution is 5.81. The third-order valence-corrected chi connectivity index (χ3v) is 2.58. The Morgan fingerprint density at radius 1 is 1.41 bits per heavy atom. The Labute approximate surface area is 98.5 Å². The monoisotopic (exact) mass is 242 g/mol. The SMILES string of the molecule is C=CC(=O)O[C@@H]1[C@H]2OC(C)(C)O[C@H]2O[C@@H]1C=O. The maximum atomic E-state index is 11.2. The number of fused-ring (bicyclic) bond motifs is 1. The van der Waals surface area contributed by atoms with Gasteiger partial charge in [-0.25, -0.2) is 4.79 Å². The van der Waals surface area contributed by atoms with E-state index in [-0.39, 0.29) is 0 Å². The molecule has 0 unspecified atom stereocenters. The van der Waals surface area contributed by atoms with Crippen LogP contribution >= 0.6 is 0 Å². The average molecular weight is 242 g/mol. The summed E-state index contributed by atoms with van der Waals surface area (Å²) in [6.45, 7) is 6.73. The van der Waals surface area contributed by atoms with Gasteiger partial charge in [-0.2, -0.15) is 0 Å². The Hall–Kier alpha value is -1.24. The van der Waals surface area contributed by atoms with Gasteiger partial charge in [0.25, 0.3) is 0 Å². The molecule has 2 heterocycles. The van der Waals surface area contributed by atoms with Gasteiger partial charge in [-0.15, -0.1) is 0 Å². The van der Waals surface area contributed by atoms with Crippen LogP contribution < -0.4 is 0 Å². The van der Waals surface area contributed by atoms with Crippen LogP contribution in [0.1, 0.15) is 13.8 Å². The number of esters is 1. The molecule has 0 spiro atoms. The van der Waals surface area contributed by atoms with Gasteiger partial charge < -0.3 is 23.7 Å². The lowest BCUT2D eigenvalue weighted by Crippen LogP contribution is -2.38. The Bertz CT molecular complexity index is 350. The molecule has 2 fully saturated rings. The van der Waals surface area contributed by atoms with Crippen LogP contribution in [-0.4, -0.2) is 42.6 Å². The molecule has 0 radical (unpaired) electrons. The first kappa shape index (κ1) is 12.2. The number of carbonyl (C=O) groups excluding carboxylic acids is 2. The van der Waals surface area contributed by atoms with Crippen molar-refractivity contribution in [2.45, 2.75) is 44.2 Å². The van der Waals surface area contributed by atoms with Gasteiger partial charge in [0.1, 0.15) is 0 Å². The van der Waals surface area contributed by atoms with Crippen LogP contribution in [0.25, 0.3) is 0 Å². The van der Waals surface area contributed by atoms with Crippen LogP contribution in [0.15, 0.2) is 12.7 Å². The molecule has 0 amide bonds. The minimum absolute atomic E-state index is 0.569. The zero-order chi connectivity index (χ0) is 12.6. The summed E-state index contributed by atoms with van der Waals surface area (Å²) in [5.41, 5.74) is 0. The molecule has 2 saturated heterocycles. The van der Waals surface area contributed by atoms with Gasteiger partial charge in [-0.05, 0) is 13.8 Å². The minimum Gasteiger partial charge on any atom is -0.453 e. The van der Waals surface area contributed by atoms with E-state index in [1.165, 1.54) is 0 Å². The minimum atomic E-state index is -0.870. The van der Waals surface area contributed by atoms with Crippen LogP contribution in [0.4, 0.5) is 0 Å². The normalized spacial score (nSPS) is 38.5. The molecule has 0 saturated carbocycles. The number of ether oxygens (including phenoxy) is 4. The first-order valence-corrected chi connectivity index (χ1v) is 5.26. The molecular formula is C11H14O6. The molecule has 17 heavy (non-hydrogen) atoms. The molecule has 2 aliphatic heterocycles. The summed E-state index contributed by atoms with van der Waals surface area (Å²) in [5, 5.41) is 0. The van der Waals surface area contributed by atoms with E-state index in [2.05, 4.69) is 6.58 Å². The van der Waals surface area contributed by atoms with Crippen molar-refractivity contribution in [3.05, 3.63) is 12.7 Å². The fourth-order valence-electron chi connectivity index (χ4n) is 1.93. The fraction of sp³-hybridized carbons (Fsp3) is 0.636. The van der Waals surface area contributed by atoms with Gasteiger partial charge in [-0.1, -0.05) is 6.58 Å². The van der Waals surface area contributed by atoms with E-state index < -0.39 is 36.4 Å². The lowest BCUT2D eigenvalue weighted by molar-refractivity contribution is -0.215. The predicted molar refractivity (Wildman–Crippen MR) is 54.8 cm³/mol. The van der Waals surface area contributed by atoms with Gasteiger partial charge in [0, 0.05) is 6.08 Å². The third kappa shape index (κ3) is 2.24. The van der Waals surface area contributed by atoms with Crippen molar-refractivity contribution in [1.82, 2.24) is 0 Å². The maximum absolute atomic E-state index is 11.2. The highest BCUT2D eigenvalue weighted by atomic mass is 16.8. The lowest BCUT2D eigenvalue weighted by atomic mass is 10.1. The lowest BCUT2D eigenvalue weighted by Gasteiger charge is -2.22. The summed E-state index contributed by atoms with van der Waals surface area (Å²) in [6.07, 6.45) is -1.36. The number of hydrogen-bond acceptors (Lipinski definition) is 6. The van der Waals surface area contributed by atoms with Crippen LogP contribution in [-0.2, 0) is 28.5 Å². The first-order chi connectivity index (χ1) is 7.96. The topological polar surface area (TPSA) is 71.1 Å². The molecular weight excluding hydrogens is 228 g/mol. The van der Waals surface area contributed by atoms with Crippen LogP contribution in [0.2, 0.25) is 0 Å². The van der Waals surface area contributed by atoms with Gasteiger partial charge >= 0.3 is 5.97 Å². The number of aldehydes is 1. The van der Waals surface area contributed by atoms with Crippen LogP contribution in [0.5, 0.6) is 0 Å². The second-order valence-corrected chi connectivity index (χ2v) is 4.31. The van der Waals surface area contributed by atoms with Gasteiger partial charge in [0.2, 0.25) is 0 Å². The van der Waals surface area contributed by atoms with Crippen molar-refractivity contribution in [3.8, 4) is 0 Å². The van der Waals surface area contributed by atoms with E-state index >= 15 is 0 Å². The van der Waals surface area contributed by atoms with Crippen molar-refractivity contribution in [2.24, 2.45) is 0 Å². The molecule has 0 aromatic carbocycles. The molecule has 6 nitrogen and oxygen atoms in total. The van der Waals surface area contributed by atoms with Crippen molar-refractivity contribution >= 4 is 12.3 Å². The standard InChI is InChI=1S/C11H14O6/c1-4-7(13)15-8-6(5-12)14-10-9(8)16-11(2,3)17-10/h4-6,8-10H,1H2,2-3H3/t6-,8+,9-,10-/m1/s1. The number of hydrogen-bond donors (Lipinski definition) is 0. The molecule has 2 aliphatic rings. The molecule has 0 aromatic rings. The van der Waals surface area contributed by atoms with E-state index in [0.717, 1.165) is 6.08 Å². The molecule has 6 heteroatoms. The molecule has 0 aromatic heterocycles. The smallest absolute Gasteiger partial charge is 0.330 e. The predicted octanol–water partition coefficient (Wildman–Crippen LogP) is 0.159. The Balaban J connectivity index is 2.13. The molecule has 4 atom stereocenters. The molecule has 0 N–H and O–H groups in total. The highest BCUT2D eigenvalue weighted by Crippen LogP contribution is 2.38. The van der Waals surface area contributed by atoms with E-state index in [9.17, 15) is 9.59 Å². The Kier molecular flexibility index (Phi) is 3.03. The second-order valence-electron chi connectivity index (χ2n) is 4.31. The number of carbonyl (C=O) groups is 2. The Morgan fingerprint density at radius 2 is 2.12 bits per heavy atom. The number of rotatable bonds is 3. The summed E-state index contributed by atoms with van der Waals surface area (Å²) < 4.78 is 21.3. The largest absolute Gasteiger partial charge is 0.453 e. The summed E-state index contributed by atoms with van der Waals surface area (Å²) >= 11 is 0. The van der Waals surface area contributed by atoms with Gasteiger partial charge in [-0.3, -0.25) is 0 Å². The van der Waals surface area contributed by atoms with Crippen molar-refractivity contribution in [2.75, 3.05) is 0 Å². The first-order valence-electron chi connectivity index (χ1n) is 5.26. The van der Waals surface area contributed by atoms with Crippen LogP contribution in [0, 0.1) is 0 Å². The quantitative estimate of drug-likeness (QED) is 0.399. The van der Waals surface area contributed by atoms with E-state index in [4.69, 9.17) is 18.9 Å². The molecule has 94 valence electrons. The summed E-state index contributed by atoms with van der Waals surface area (Å²) in [4.78, 5) is 22.0. The van der Waals surface area contributed by atoms with Gasteiger partial charge in [0.15, 0.2) is 36.7 Å². The van der Waals surface area contributed by atoms with Crippen molar-refractivity contribution in [3.63, 3.8) is 0 Å². The van der Waals surface area contributed by atoms with Crippen molar-refractivity contribution in [1.29, 1.82) is 0 Å². The molecule has 0 bridgehead atoms. The van der Waals surface area contributed by atoms with E-state index in [1.54, 1.807) is 13.8 Å². The van der Waals surface area contributed by atoms with Gasteiger partial charge in [0.05, 0.1) is 0 Å². The highest BCUT2D eigenvalue weighted by Gasteiger charge is 2.56. The summed E-state index contributed by atoms with van der Waals surface area (Å²) in [6, 6.07) is 0. The van der Waals surface area contributed by atoms with Crippen molar-refractivity contribution < 1.29 is 28.5 Å². The molecule has 0 aliphatic carbocycles. The summed E-state index contributed by atoms with van der Waals surface area (Å²) in [5.74, 6) is -1.44. The zero-order valence-corrected chi connectivity index (χ0v) is 9.62. The maximum Gasteiger partial charge on any atom is 0.330 e. The Morgan fingerprint density at radius 3 is 2.71 bits per heavy atom. The summed E-state index contributed by atoms with van der Waals surface area (Å²) in [7, 11) is 0. The molecule has 2 rings (SSSR count). The van der Waals surface area contributed by atoms with E-state index in [0.29, 0.717) is 6.29 Å². The second kappa shape index (κ2) is 4.21.